The lowest BCUT2D eigenvalue weighted by Gasteiger charge is -2.01. The topological polar surface area (TPSA) is 42.0 Å². The quantitative estimate of drug-likeness (QED) is 0.646. The molecule has 5 heteroatoms. The van der Waals surface area contributed by atoms with E-state index in [4.69, 9.17) is 0 Å². The number of amides is 1. The summed E-state index contributed by atoms with van der Waals surface area (Å²) in [6.07, 6.45) is 0.917. The number of nitrogens with zero attached hydrogens (tertiary/aromatic N) is 1. The van der Waals surface area contributed by atoms with E-state index in [2.05, 4.69) is 38.4 Å². The minimum atomic E-state index is 0.0624. The highest BCUT2D eigenvalue weighted by molar-refractivity contribution is 9.10. The summed E-state index contributed by atoms with van der Waals surface area (Å²) in [4.78, 5) is 16.9. The second-order valence-corrected chi connectivity index (χ2v) is 7.67. The number of nitrogens with one attached hydrogen (secondary N) is 1. The summed E-state index contributed by atoms with van der Waals surface area (Å²) in [5.41, 5.74) is 3.18. The molecule has 1 amide bonds. The standard InChI is InChI=1S/C19H15BrN2OS/c20-14-8-6-13(7-9-14)17-11-24-19(21-17)22-18(23)16-10-15(16)12-4-2-1-3-5-12/h1-9,11,15-16H,10H2,(H,21,22,23). The van der Waals surface area contributed by atoms with Crippen molar-refractivity contribution in [3.05, 3.63) is 70.0 Å². The summed E-state index contributed by atoms with van der Waals surface area (Å²) >= 11 is 4.89. The Morgan fingerprint density at radius 1 is 1.12 bits per heavy atom. The minimum absolute atomic E-state index is 0.0624. The molecular formula is C19H15BrN2OS. The fraction of sp³-hybridized carbons (Fsp3) is 0.158. The molecule has 1 N–H and O–H groups in total. The zero-order chi connectivity index (χ0) is 16.5. The van der Waals surface area contributed by atoms with E-state index in [0.717, 1.165) is 22.2 Å². The molecule has 0 bridgehead atoms. The van der Waals surface area contributed by atoms with Crippen LogP contribution in [0.1, 0.15) is 17.9 Å². The van der Waals surface area contributed by atoms with Crippen LogP contribution >= 0.6 is 27.3 Å². The van der Waals surface area contributed by atoms with E-state index in [1.165, 1.54) is 16.9 Å². The molecule has 1 fully saturated rings. The lowest BCUT2D eigenvalue weighted by atomic mass is 10.1. The van der Waals surface area contributed by atoms with Crippen LogP contribution in [0.25, 0.3) is 11.3 Å². The van der Waals surface area contributed by atoms with Gasteiger partial charge in [0.25, 0.3) is 0 Å². The number of hydrogen-bond donors (Lipinski definition) is 1. The second-order valence-electron chi connectivity index (χ2n) is 5.89. The van der Waals surface area contributed by atoms with Gasteiger partial charge in [0.05, 0.1) is 5.69 Å². The molecule has 3 nitrogen and oxygen atoms in total. The van der Waals surface area contributed by atoms with E-state index in [1.807, 2.05) is 47.8 Å². The molecule has 1 aliphatic carbocycles. The number of hydrogen-bond acceptors (Lipinski definition) is 3. The molecule has 0 radical (unpaired) electrons. The van der Waals surface area contributed by atoms with Gasteiger partial charge >= 0.3 is 0 Å². The smallest absolute Gasteiger partial charge is 0.229 e. The molecule has 1 aromatic heterocycles. The molecule has 120 valence electrons. The van der Waals surface area contributed by atoms with Crippen LogP contribution in [-0.4, -0.2) is 10.9 Å². The van der Waals surface area contributed by atoms with Gasteiger partial charge in [-0.2, -0.15) is 0 Å². The van der Waals surface area contributed by atoms with E-state index in [-0.39, 0.29) is 11.8 Å². The van der Waals surface area contributed by atoms with Crippen molar-refractivity contribution >= 4 is 38.3 Å². The fourth-order valence-electron chi connectivity index (χ4n) is 2.84. The molecule has 0 aliphatic heterocycles. The highest BCUT2D eigenvalue weighted by atomic mass is 79.9. The van der Waals surface area contributed by atoms with E-state index >= 15 is 0 Å². The molecule has 2 aromatic carbocycles. The summed E-state index contributed by atoms with van der Waals surface area (Å²) in [5, 5.41) is 5.60. The number of anilines is 1. The van der Waals surface area contributed by atoms with Crippen molar-refractivity contribution in [3.63, 3.8) is 0 Å². The average Bonchev–Trinajstić information content (AvgIpc) is 3.29. The Hall–Kier alpha value is -1.98. The van der Waals surface area contributed by atoms with E-state index in [1.54, 1.807) is 0 Å². The fourth-order valence-corrected chi connectivity index (χ4v) is 3.82. The summed E-state index contributed by atoms with van der Waals surface area (Å²) in [6, 6.07) is 18.2. The number of aromatic nitrogens is 1. The number of thiazole rings is 1. The number of carbonyl (C=O) groups is 1. The van der Waals surface area contributed by atoms with Crippen LogP contribution in [0.3, 0.4) is 0 Å². The normalized spacial score (nSPS) is 19.0. The van der Waals surface area contributed by atoms with Gasteiger partial charge in [0.15, 0.2) is 5.13 Å². The molecule has 4 rings (SSSR count). The van der Waals surface area contributed by atoms with Gasteiger partial charge in [-0.25, -0.2) is 4.98 Å². The zero-order valence-electron chi connectivity index (χ0n) is 12.8. The number of rotatable bonds is 4. The molecule has 3 aromatic rings. The van der Waals surface area contributed by atoms with Crippen molar-refractivity contribution in [1.29, 1.82) is 0 Å². The van der Waals surface area contributed by atoms with Gasteiger partial charge in [-0.05, 0) is 30.0 Å². The third-order valence-electron chi connectivity index (χ3n) is 4.23. The van der Waals surface area contributed by atoms with Gasteiger partial charge in [0.1, 0.15) is 0 Å². The van der Waals surface area contributed by atoms with Gasteiger partial charge in [0, 0.05) is 21.3 Å². The Bertz CT molecular complexity index is 861. The number of carbonyl (C=O) groups excluding carboxylic acids is 1. The molecule has 24 heavy (non-hydrogen) atoms. The lowest BCUT2D eigenvalue weighted by Crippen LogP contribution is -2.14. The Labute approximate surface area is 152 Å². The summed E-state index contributed by atoms with van der Waals surface area (Å²) in [7, 11) is 0. The Kier molecular flexibility index (Phi) is 4.21. The lowest BCUT2D eigenvalue weighted by molar-refractivity contribution is -0.117. The average molecular weight is 399 g/mol. The van der Waals surface area contributed by atoms with Crippen molar-refractivity contribution in [2.45, 2.75) is 12.3 Å². The summed E-state index contributed by atoms with van der Waals surface area (Å²) < 4.78 is 1.04. The first kappa shape index (κ1) is 15.5. The second kappa shape index (κ2) is 6.49. The Morgan fingerprint density at radius 2 is 1.88 bits per heavy atom. The molecule has 1 heterocycles. The van der Waals surface area contributed by atoms with Crippen molar-refractivity contribution in [1.82, 2.24) is 4.98 Å². The summed E-state index contributed by atoms with van der Waals surface area (Å²) in [6.45, 7) is 0. The predicted molar refractivity (Wildman–Crippen MR) is 101 cm³/mol. The SMILES string of the molecule is O=C(Nc1nc(-c2ccc(Br)cc2)cs1)C1CC1c1ccccc1. The van der Waals surface area contributed by atoms with Crippen molar-refractivity contribution in [2.24, 2.45) is 5.92 Å². The first-order valence-electron chi connectivity index (χ1n) is 7.78. The molecule has 2 atom stereocenters. The highest BCUT2D eigenvalue weighted by Gasteiger charge is 2.44. The van der Waals surface area contributed by atoms with Crippen LogP contribution in [-0.2, 0) is 4.79 Å². The first-order valence-corrected chi connectivity index (χ1v) is 9.45. The van der Waals surface area contributed by atoms with Crippen LogP contribution in [0.15, 0.2) is 64.5 Å². The van der Waals surface area contributed by atoms with Crippen LogP contribution in [0.2, 0.25) is 0 Å². The molecule has 1 aliphatic rings. The van der Waals surface area contributed by atoms with Gasteiger partial charge in [-0.1, -0.05) is 58.4 Å². The van der Waals surface area contributed by atoms with E-state index in [0.29, 0.717) is 11.0 Å². The monoisotopic (exact) mass is 398 g/mol. The van der Waals surface area contributed by atoms with Gasteiger partial charge in [0.2, 0.25) is 5.91 Å². The molecule has 1 saturated carbocycles. The summed E-state index contributed by atoms with van der Waals surface area (Å²) in [5.74, 6) is 0.477. The third-order valence-corrected chi connectivity index (χ3v) is 5.52. The maximum atomic E-state index is 12.4. The van der Waals surface area contributed by atoms with E-state index < -0.39 is 0 Å². The maximum Gasteiger partial charge on any atom is 0.229 e. The Morgan fingerprint density at radius 3 is 2.62 bits per heavy atom. The molecule has 0 spiro atoms. The van der Waals surface area contributed by atoms with Crippen molar-refractivity contribution in [3.8, 4) is 11.3 Å². The van der Waals surface area contributed by atoms with Crippen LogP contribution in [0.4, 0.5) is 5.13 Å². The highest BCUT2D eigenvalue weighted by Crippen LogP contribution is 2.48. The predicted octanol–water partition coefficient (Wildman–Crippen LogP) is 5.31. The van der Waals surface area contributed by atoms with E-state index in [9.17, 15) is 4.79 Å². The van der Waals surface area contributed by atoms with Crippen molar-refractivity contribution in [2.75, 3.05) is 5.32 Å². The molecule has 2 unspecified atom stereocenters. The molecular weight excluding hydrogens is 384 g/mol. The zero-order valence-corrected chi connectivity index (χ0v) is 15.2. The van der Waals surface area contributed by atoms with Crippen molar-refractivity contribution < 1.29 is 4.79 Å². The van der Waals surface area contributed by atoms with Crippen LogP contribution < -0.4 is 5.32 Å². The third kappa shape index (κ3) is 3.28. The Balaban J connectivity index is 1.41. The number of benzene rings is 2. The van der Waals surface area contributed by atoms with Crippen LogP contribution in [0, 0.1) is 5.92 Å². The van der Waals surface area contributed by atoms with Crippen LogP contribution in [0.5, 0.6) is 0 Å². The first-order chi connectivity index (χ1) is 11.7. The molecule has 0 saturated heterocycles. The van der Waals surface area contributed by atoms with Gasteiger partial charge in [-0.3, -0.25) is 4.79 Å². The van der Waals surface area contributed by atoms with Gasteiger partial charge in [-0.15, -0.1) is 11.3 Å². The largest absolute Gasteiger partial charge is 0.302 e. The number of halogens is 1. The van der Waals surface area contributed by atoms with Gasteiger partial charge < -0.3 is 5.32 Å². The maximum absolute atomic E-state index is 12.4. The minimum Gasteiger partial charge on any atom is -0.302 e.